The van der Waals surface area contributed by atoms with Gasteiger partial charge in [0, 0.05) is 17.3 Å². The lowest BCUT2D eigenvalue weighted by Gasteiger charge is -2.37. The van der Waals surface area contributed by atoms with E-state index in [9.17, 15) is 0 Å². The minimum atomic E-state index is 0.294. The Kier molecular flexibility index (Phi) is 3.53. The van der Waals surface area contributed by atoms with Gasteiger partial charge in [-0.25, -0.2) is 9.97 Å². The molecule has 2 aromatic rings. The van der Waals surface area contributed by atoms with Gasteiger partial charge in [0.1, 0.15) is 18.0 Å². The molecule has 0 aliphatic carbocycles. The fraction of sp³-hybridized carbons (Fsp3) is 0.412. The maximum absolute atomic E-state index is 6.12. The number of hydrogen-bond donors (Lipinski definition) is 1. The van der Waals surface area contributed by atoms with Crippen LogP contribution in [0.2, 0.25) is 0 Å². The summed E-state index contributed by atoms with van der Waals surface area (Å²) in [6.45, 7) is 6.52. The lowest BCUT2D eigenvalue weighted by Crippen LogP contribution is -2.35. The number of anilines is 3. The minimum absolute atomic E-state index is 0.294. The Bertz CT molecular complexity index is 651. The number of fused-ring (bicyclic) bond motifs is 1. The summed E-state index contributed by atoms with van der Waals surface area (Å²) in [5.74, 6) is 1.84. The van der Waals surface area contributed by atoms with Crippen molar-refractivity contribution in [2.75, 3.05) is 10.6 Å². The van der Waals surface area contributed by atoms with Crippen molar-refractivity contribution in [3.63, 3.8) is 0 Å². The van der Waals surface area contributed by atoms with Crippen molar-refractivity contribution in [3.8, 4) is 0 Å². The Morgan fingerprint density at radius 3 is 2.76 bits per heavy atom. The van der Waals surface area contributed by atoms with E-state index < -0.39 is 0 Å². The average molecular weight is 282 g/mol. The van der Waals surface area contributed by atoms with E-state index in [0.717, 1.165) is 24.2 Å². The molecule has 1 atom stereocenters. The van der Waals surface area contributed by atoms with E-state index in [1.807, 2.05) is 0 Å². The second-order valence-corrected chi connectivity index (χ2v) is 6.04. The van der Waals surface area contributed by atoms with Gasteiger partial charge in [0.15, 0.2) is 0 Å². The Morgan fingerprint density at radius 1 is 1.24 bits per heavy atom. The van der Waals surface area contributed by atoms with E-state index in [1.165, 1.54) is 11.3 Å². The number of hydrogen-bond acceptors (Lipinski definition) is 4. The van der Waals surface area contributed by atoms with Crippen molar-refractivity contribution in [2.45, 2.75) is 45.6 Å². The van der Waals surface area contributed by atoms with Gasteiger partial charge in [-0.3, -0.25) is 0 Å². The lowest BCUT2D eigenvalue weighted by atomic mass is 9.95. The molecule has 1 aromatic heterocycles. The van der Waals surface area contributed by atoms with Crippen LogP contribution in [0.15, 0.2) is 30.6 Å². The third-order valence-corrected chi connectivity index (χ3v) is 4.22. The van der Waals surface area contributed by atoms with Crippen LogP contribution >= 0.6 is 0 Å². The quantitative estimate of drug-likeness (QED) is 0.913. The van der Waals surface area contributed by atoms with Crippen LogP contribution in [0.3, 0.4) is 0 Å². The molecule has 4 heteroatoms. The van der Waals surface area contributed by atoms with Crippen LogP contribution in [0.1, 0.15) is 44.2 Å². The first-order valence-corrected chi connectivity index (χ1v) is 7.57. The molecule has 0 saturated heterocycles. The number of nitrogens with zero attached hydrogens (tertiary/aromatic N) is 3. The van der Waals surface area contributed by atoms with Gasteiger partial charge >= 0.3 is 0 Å². The van der Waals surface area contributed by atoms with Gasteiger partial charge in [-0.2, -0.15) is 0 Å². The molecule has 2 heterocycles. The summed E-state index contributed by atoms with van der Waals surface area (Å²) in [6.07, 6.45) is 3.81. The number of aromatic nitrogens is 2. The average Bonchev–Trinajstić information content (AvgIpc) is 2.46. The third-order valence-electron chi connectivity index (χ3n) is 4.22. The van der Waals surface area contributed by atoms with Gasteiger partial charge in [0.05, 0.1) is 0 Å². The predicted molar refractivity (Wildman–Crippen MR) is 86.9 cm³/mol. The lowest BCUT2D eigenvalue weighted by molar-refractivity contribution is 0.609. The highest BCUT2D eigenvalue weighted by Crippen LogP contribution is 2.40. The molecule has 0 bridgehead atoms. The fourth-order valence-corrected chi connectivity index (χ4v) is 3.16. The molecule has 4 nitrogen and oxygen atoms in total. The highest BCUT2D eigenvalue weighted by atomic mass is 15.2. The van der Waals surface area contributed by atoms with Gasteiger partial charge in [-0.1, -0.05) is 32.0 Å². The smallest absolute Gasteiger partial charge is 0.142 e. The molecule has 1 aliphatic rings. The van der Waals surface area contributed by atoms with Gasteiger partial charge in [-0.15, -0.1) is 0 Å². The van der Waals surface area contributed by atoms with Gasteiger partial charge in [0.25, 0.3) is 0 Å². The highest BCUT2D eigenvalue weighted by Gasteiger charge is 2.28. The standard InChI is InChI=1S/C17H22N4/c1-11(2)15-16(18)19-10-20-17(15)21-12(3)8-9-13-6-4-5-7-14(13)21/h4-7,10-12H,8-9H2,1-3H3,(H2,18,19,20). The summed E-state index contributed by atoms with van der Waals surface area (Å²) in [5, 5.41) is 0. The van der Waals surface area contributed by atoms with Gasteiger partial charge < -0.3 is 10.6 Å². The van der Waals surface area contributed by atoms with Crippen molar-refractivity contribution in [2.24, 2.45) is 0 Å². The van der Waals surface area contributed by atoms with E-state index in [2.05, 4.69) is 59.9 Å². The molecule has 0 amide bonds. The van der Waals surface area contributed by atoms with Crippen LogP contribution in [-0.4, -0.2) is 16.0 Å². The Labute approximate surface area is 126 Å². The second-order valence-electron chi connectivity index (χ2n) is 6.04. The number of benzene rings is 1. The molecule has 2 N–H and O–H groups in total. The zero-order chi connectivity index (χ0) is 15.0. The molecule has 1 aromatic carbocycles. The summed E-state index contributed by atoms with van der Waals surface area (Å²) in [4.78, 5) is 11.1. The zero-order valence-corrected chi connectivity index (χ0v) is 12.9. The molecule has 3 rings (SSSR count). The Morgan fingerprint density at radius 2 is 2.00 bits per heavy atom. The predicted octanol–water partition coefficient (Wildman–Crippen LogP) is 3.66. The van der Waals surface area contributed by atoms with Crippen LogP contribution < -0.4 is 10.6 Å². The Hall–Kier alpha value is -2.10. The number of para-hydroxylation sites is 1. The fourth-order valence-electron chi connectivity index (χ4n) is 3.16. The summed E-state index contributed by atoms with van der Waals surface area (Å²) in [7, 11) is 0. The summed E-state index contributed by atoms with van der Waals surface area (Å²) < 4.78 is 0. The summed E-state index contributed by atoms with van der Waals surface area (Å²) in [6, 6.07) is 8.97. The molecule has 0 spiro atoms. The number of nitrogen functional groups attached to an aromatic ring is 1. The molecular formula is C17H22N4. The van der Waals surface area contributed by atoms with E-state index in [1.54, 1.807) is 6.33 Å². The van der Waals surface area contributed by atoms with Crippen LogP contribution in [0.4, 0.5) is 17.3 Å². The topological polar surface area (TPSA) is 55.0 Å². The van der Waals surface area contributed by atoms with Crippen LogP contribution in [0.25, 0.3) is 0 Å². The zero-order valence-electron chi connectivity index (χ0n) is 12.9. The molecule has 0 radical (unpaired) electrons. The largest absolute Gasteiger partial charge is 0.383 e. The van der Waals surface area contributed by atoms with Crippen LogP contribution in [0, 0.1) is 0 Å². The first kappa shape index (κ1) is 13.9. The minimum Gasteiger partial charge on any atom is -0.383 e. The van der Waals surface area contributed by atoms with Crippen molar-refractivity contribution >= 4 is 17.3 Å². The van der Waals surface area contributed by atoms with Gasteiger partial charge in [0.2, 0.25) is 0 Å². The molecular weight excluding hydrogens is 260 g/mol. The summed E-state index contributed by atoms with van der Waals surface area (Å²) >= 11 is 0. The third kappa shape index (κ3) is 2.35. The summed E-state index contributed by atoms with van der Waals surface area (Å²) in [5.41, 5.74) is 9.78. The molecule has 0 saturated carbocycles. The highest BCUT2D eigenvalue weighted by molar-refractivity contribution is 5.71. The van der Waals surface area contributed by atoms with E-state index in [0.29, 0.717) is 17.8 Å². The van der Waals surface area contributed by atoms with Crippen LogP contribution in [0.5, 0.6) is 0 Å². The Balaban J connectivity index is 2.19. The number of rotatable bonds is 2. The van der Waals surface area contributed by atoms with Crippen molar-refractivity contribution < 1.29 is 0 Å². The maximum Gasteiger partial charge on any atom is 0.142 e. The molecule has 110 valence electrons. The van der Waals surface area contributed by atoms with Crippen LogP contribution in [-0.2, 0) is 6.42 Å². The van der Waals surface area contributed by atoms with Crippen molar-refractivity contribution in [1.29, 1.82) is 0 Å². The van der Waals surface area contributed by atoms with Gasteiger partial charge in [-0.05, 0) is 37.3 Å². The van der Waals surface area contributed by atoms with E-state index in [-0.39, 0.29) is 0 Å². The SMILES string of the molecule is CC(C)c1c(N)ncnc1N1c2ccccc2CCC1C. The molecule has 1 unspecified atom stereocenters. The van der Waals surface area contributed by atoms with E-state index >= 15 is 0 Å². The maximum atomic E-state index is 6.12. The van der Waals surface area contributed by atoms with E-state index in [4.69, 9.17) is 5.73 Å². The molecule has 21 heavy (non-hydrogen) atoms. The number of aryl methyl sites for hydroxylation is 1. The first-order valence-electron chi connectivity index (χ1n) is 7.57. The second kappa shape index (κ2) is 5.35. The van der Waals surface area contributed by atoms with Crippen molar-refractivity contribution in [3.05, 3.63) is 41.7 Å². The molecule has 0 fully saturated rings. The monoisotopic (exact) mass is 282 g/mol. The normalized spacial score (nSPS) is 17.9. The first-order chi connectivity index (χ1) is 10.1. The molecule has 1 aliphatic heterocycles. The van der Waals surface area contributed by atoms with Crippen molar-refractivity contribution in [1.82, 2.24) is 9.97 Å². The number of nitrogens with two attached hydrogens (primary N) is 1.